The van der Waals surface area contributed by atoms with Gasteiger partial charge in [-0.15, -0.1) is 40.9 Å². The van der Waals surface area contributed by atoms with Crippen LogP contribution in [-0.4, -0.2) is 143 Å². The van der Waals surface area contributed by atoms with Crippen molar-refractivity contribution in [3.8, 4) is 23.0 Å². The Morgan fingerprint density at radius 3 is 1.14 bits per heavy atom. The maximum atomic E-state index is 11.9. The number of benzene rings is 6. The topological polar surface area (TPSA) is 584 Å². The highest BCUT2D eigenvalue weighted by Crippen LogP contribution is 2.47. The van der Waals surface area contributed by atoms with Crippen LogP contribution in [0.25, 0.3) is 76.5 Å². The van der Waals surface area contributed by atoms with Crippen LogP contribution in [0.1, 0.15) is 37.0 Å². The Balaban J connectivity index is 0.000000144. The summed E-state index contributed by atoms with van der Waals surface area (Å²) in [4.78, 5) is 54.7. The third-order valence-electron chi connectivity index (χ3n) is 15.7. The van der Waals surface area contributed by atoms with Gasteiger partial charge in [0, 0.05) is 69.9 Å². The second-order valence-corrected chi connectivity index (χ2v) is 33.6. The fourth-order valence-electron chi connectivity index (χ4n) is 10.7. The van der Waals surface area contributed by atoms with Gasteiger partial charge in [0.15, 0.2) is 60.0 Å². The highest BCUT2D eigenvalue weighted by atomic mass is 32.2. The number of pyridine rings is 5. The number of azo groups is 4. The van der Waals surface area contributed by atoms with E-state index in [-0.39, 0.29) is 115 Å². The van der Waals surface area contributed by atoms with Crippen LogP contribution >= 0.6 is 46.1 Å². The number of rotatable bonds is 20. The summed E-state index contributed by atoms with van der Waals surface area (Å²) in [7, 11) is -15.8. The number of phenols is 3. The normalized spacial score (nSPS) is 12.0. The van der Waals surface area contributed by atoms with Crippen molar-refractivity contribution in [1.29, 1.82) is 0 Å². The molecule has 0 unspecified atom stereocenters. The highest BCUT2D eigenvalue weighted by Gasteiger charge is 2.26. The van der Waals surface area contributed by atoms with Crippen molar-refractivity contribution in [3.05, 3.63) is 164 Å². The Labute approximate surface area is 670 Å². The van der Waals surface area contributed by atoms with Gasteiger partial charge >= 0.3 is 5.97 Å². The molecule has 0 saturated carbocycles. The van der Waals surface area contributed by atoms with Gasteiger partial charge in [-0.25, -0.2) is 55.0 Å². The monoisotopic (exact) mass is 1720 g/mol. The first-order chi connectivity index (χ1) is 55.2. The predicted octanol–water partition coefficient (Wildman–Crippen LogP) is 15.9. The molecule has 6 aromatic carbocycles. The minimum absolute atomic E-state index is 0.0435. The van der Waals surface area contributed by atoms with Gasteiger partial charge in [0.25, 0.3) is 10.1 Å². The van der Waals surface area contributed by atoms with E-state index in [1.807, 2.05) is 12.1 Å². The second kappa shape index (κ2) is 34.5. The SMILES string of the molecule is CCC(=O)Nc1cc(N=Nc2snc3ncccc23)c2c(NS(C)(=O)=O)cccc2c1O.CCC(=O)Nc1nc(N=Nc2snc3ncccc23)ccc1O.CS(=O)(=O)Nc1cccc2c(O)c(C(=O)O)cc(N=Nc3snc4ncccc34)c12.CS(=O)(=O)Nc1cccc2c(O)c(S(=O)(=O)O)cc(N=Nc3snc4ncccc34)c12. The quantitative estimate of drug-likeness (QED) is 0.0192. The van der Waals surface area contributed by atoms with Crippen molar-refractivity contribution in [3.63, 3.8) is 0 Å². The number of carboxylic acids is 1. The molecule has 116 heavy (non-hydrogen) atoms. The fraction of sp³-hybridized carbons (Fsp3) is 0.101. The number of aromatic carboxylic acids is 1. The van der Waals surface area contributed by atoms with Crippen LogP contribution in [0, 0.1) is 0 Å². The second-order valence-electron chi connectivity index (χ2n) is 24.0. The first-order valence-corrected chi connectivity index (χ1v) is 43.2. The average Bonchev–Trinajstić information content (AvgIpc) is 0.855. The van der Waals surface area contributed by atoms with E-state index in [1.165, 1.54) is 66.1 Å². The molecule has 2 amide bonds. The van der Waals surface area contributed by atoms with E-state index in [9.17, 15) is 78.1 Å². The molecule has 47 heteroatoms. The molecule has 0 atom stereocenters. The molecule has 39 nitrogen and oxygen atoms in total. The number of nitrogens with one attached hydrogen (secondary N) is 5. The first kappa shape index (κ1) is 82.0. The molecule has 15 rings (SSSR count). The molecule has 0 aliphatic rings. The molecule has 11 N–H and O–H groups in total. The fourth-order valence-corrected chi connectivity index (χ4v) is 15.6. The maximum Gasteiger partial charge on any atom is 0.339 e. The van der Waals surface area contributed by atoms with E-state index in [2.05, 4.69) is 108 Å². The zero-order valence-corrected chi connectivity index (χ0v) is 66.5. The van der Waals surface area contributed by atoms with Crippen LogP contribution in [0.4, 0.5) is 71.5 Å². The molecule has 0 fully saturated rings. The number of fused-ring (bicyclic) bond motifs is 7. The van der Waals surface area contributed by atoms with Gasteiger partial charge in [0.2, 0.25) is 41.9 Å². The van der Waals surface area contributed by atoms with E-state index in [4.69, 9.17) is 0 Å². The van der Waals surface area contributed by atoms with E-state index < -0.39 is 62.6 Å². The molecule has 0 spiro atoms. The minimum atomic E-state index is -4.81. The number of anilines is 5. The number of sulfonamides is 3. The lowest BCUT2D eigenvalue weighted by Gasteiger charge is -2.14. The largest absolute Gasteiger partial charge is 0.506 e. The maximum absolute atomic E-state index is 11.9. The van der Waals surface area contributed by atoms with Crippen molar-refractivity contribution >= 4 is 252 Å². The summed E-state index contributed by atoms with van der Waals surface area (Å²) < 4.78 is 128. The van der Waals surface area contributed by atoms with Gasteiger partial charge < -0.3 is 36.2 Å². The Kier molecular flexibility index (Phi) is 24.4. The molecule has 0 bridgehead atoms. The highest BCUT2D eigenvalue weighted by molar-refractivity contribution is 7.92. The third kappa shape index (κ3) is 19.4. The van der Waals surface area contributed by atoms with Crippen LogP contribution < -0.4 is 24.8 Å². The Morgan fingerprint density at radius 2 is 0.759 bits per heavy atom. The number of nitrogens with zero attached hydrogens (tertiary/aromatic N) is 17. The Bertz CT molecular complexity index is 7050. The summed E-state index contributed by atoms with van der Waals surface area (Å²) in [6.07, 6.45) is 9.90. The molecule has 15 aromatic rings. The Hall–Kier alpha value is -13.4. The van der Waals surface area contributed by atoms with Crippen LogP contribution in [0.15, 0.2) is 204 Å². The standard InChI is InChI=1S/C20H18N6O4S2.C18H13N5O5S2.C17H13N5O6S3.C14H12N6O2S/c1-3-16(27)22-15-10-14(23-24-20-12-7-5-9-21-19(12)25-31-20)17-11(18(15)28)6-4-8-13(17)26-32(2,29)30;1-30(27,28)23-12-6-2-4-9-14(12)13(8-11(15(9)24)18(25)26)20-21-17-10-5-3-7-19-16(10)22-29-17;1-30(24,25)22-11-6-2-4-9-14(11)12(8-13(15(9)23)31(26,27)28)19-20-17-10-5-3-7-18-16(10)21-29-17;1-2-11(22)17-13-9(21)5-6-10(16-13)18-19-14-8-4-3-7-15-12(8)20-23-14/h4-10,26,28H,3H2,1-2H3,(H,22,27);2-8,23-24H,1H3,(H,25,26);2-8,22-23H,1H3,(H,26,27,28);3-7,21H,2H2,1H3,(H,16,17,22). The van der Waals surface area contributed by atoms with Gasteiger partial charge in [0.1, 0.15) is 27.7 Å². The molecule has 9 heterocycles. The van der Waals surface area contributed by atoms with Crippen LogP contribution in [0.2, 0.25) is 0 Å². The number of aromatic nitrogens is 9. The third-order valence-corrected chi connectivity index (χ3v) is 21.3. The number of carbonyl (C=O) groups excluding carboxylic acids is 2. The van der Waals surface area contributed by atoms with Crippen LogP contribution in [0.3, 0.4) is 0 Å². The summed E-state index contributed by atoms with van der Waals surface area (Å²) in [5.41, 5.74) is 2.48. The lowest BCUT2D eigenvalue weighted by molar-refractivity contribution is -0.116. The number of carbonyl (C=O) groups is 3. The number of aromatic hydroxyl groups is 4. The summed E-state index contributed by atoms with van der Waals surface area (Å²) in [6.45, 7) is 3.39. The zero-order valence-electron chi connectivity index (χ0n) is 60.0. The van der Waals surface area contributed by atoms with Crippen LogP contribution in [-0.2, 0) is 49.8 Å². The molecule has 0 saturated heterocycles. The van der Waals surface area contributed by atoms with Crippen molar-refractivity contribution in [2.75, 3.05) is 43.6 Å². The lowest BCUT2D eigenvalue weighted by Crippen LogP contribution is -2.11. The number of hydrogen-bond acceptors (Lipinski definition) is 36. The van der Waals surface area contributed by atoms with Crippen molar-refractivity contribution < 1.29 is 78.1 Å². The average molecular weight is 1720 g/mol. The van der Waals surface area contributed by atoms with Gasteiger partial charge in [-0.05, 0) is 143 Å². The lowest BCUT2D eigenvalue weighted by atomic mass is 10.0. The summed E-state index contributed by atoms with van der Waals surface area (Å²) in [6, 6.07) is 33.9. The van der Waals surface area contributed by atoms with Crippen LogP contribution in [0.5, 0.6) is 23.0 Å². The van der Waals surface area contributed by atoms with E-state index in [0.29, 0.717) is 64.1 Å². The van der Waals surface area contributed by atoms with Crippen molar-refractivity contribution in [2.24, 2.45) is 40.9 Å². The number of carboxylic acid groups (broad SMARTS) is 1. The van der Waals surface area contributed by atoms with Gasteiger partial charge in [-0.2, -0.15) is 25.9 Å². The van der Waals surface area contributed by atoms with Crippen molar-refractivity contribution in [1.82, 2.24) is 42.4 Å². The van der Waals surface area contributed by atoms with Gasteiger partial charge in [-0.3, -0.25) is 28.3 Å². The van der Waals surface area contributed by atoms with Crippen molar-refractivity contribution in [2.45, 2.75) is 31.6 Å². The number of amides is 2. The molecule has 0 aliphatic heterocycles. The van der Waals surface area contributed by atoms with E-state index in [1.54, 1.807) is 93.2 Å². The van der Waals surface area contributed by atoms with E-state index in [0.717, 1.165) is 76.3 Å². The molecular weight excluding hydrogens is 1670 g/mol. The number of hydrogen-bond donors (Lipinski definition) is 11. The number of phenolic OH excluding ortho intramolecular Hbond substituents is 2. The van der Waals surface area contributed by atoms with Gasteiger partial charge in [-0.1, -0.05) is 50.2 Å². The summed E-state index contributed by atoms with van der Waals surface area (Å²) in [5, 5.41) is 94.9. The Morgan fingerprint density at radius 1 is 0.405 bits per heavy atom. The molecule has 0 aliphatic carbocycles. The summed E-state index contributed by atoms with van der Waals surface area (Å²) in [5.74, 6) is -3.16. The summed E-state index contributed by atoms with van der Waals surface area (Å²) >= 11 is 4.38. The smallest absolute Gasteiger partial charge is 0.339 e. The first-order valence-electron chi connectivity index (χ1n) is 33.0. The van der Waals surface area contributed by atoms with Gasteiger partial charge in [0.05, 0.1) is 80.1 Å². The predicted molar refractivity (Wildman–Crippen MR) is 439 cm³/mol. The van der Waals surface area contributed by atoms with E-state index >= 15 is 0 Å². The molecule has 592 valence electrons. The molecule has 0 radical (unpaired) electrons. The minimum Gasteiger partial charge on any atom is -0.506 e. The zero-order chi connectivity index (χ0) is 83.0. The molecular formula is C69H56N22O17S8. The molecule has 9 aromatic heterocycles.